The van der Waals surface area contributed by atoms with E-state index in [0.717, 1.165) is 25.8 Å². The third-order valence-corrected chi connectivity index (χ3v) is 2.43. The van der Waals surface area contributed by atoms with Crippen LogP contribution in [0, 0.1) is 0 Å². The number of amides is 1. The van der Waals surface area contributed by atoms with Gasteiger partial charge in [0.25, 0.3) is 0 Å². The number of hydrogen-bond acceptors (Lipinski definition) is 3. The average Bonchev–Trinajstić information content (AvgIpc) is 2.99. The first kappa shape index (κ1) is 11.5. The number of carbonyl (C=O) groups is 1. The molecular formula is C10H20N2O2. The predicted molar refractivity (Wildman–Crippen MR) is 54.9 cm³/mol. The van der Waals surface area contributed by atoms with Crippen molar-refractivity contribution in [3.63, 3.8) is 0 Å². The zero-order chi connectivity index (χ0) is 10.4. The molecule has 1 rings (SSSR count). The summed E-state index contributed by atoms with van der Waals surface area (Å²) < 4.78 is 4.90. The molecule has 0 bridgehead atoms. The second kappa shape index (κ2) is 5.98. The molecule has 2 N–H and O–H groups in total. The summed E-state index contributed by atoms with van der Waals surface area (Å²) in [6, 6.07) is 0.492. The van der Waals surface area contributed by atoms with Crippen molar-refractivity contribution < 1.29 is 9.53 Å². The van der Waals surface area contributed by atoms with Gasteiger partial charge in [0, 0.05) is 19.7 Å². The van der Waals surface area contributed by atoms with Gasteiger partial charge in [-0.25, -0.2) is 0 Å². The lowest BCUT2D eigenvalue weighted by atomic mass is 10.3. The Balaban J connectivity index is 2.28. The van der Waals surface area contributed by atoms with E-state index in [1.807, 2.05) is 4.90 Å². The zero-order valence-corrected chi connectivity index (χ0v) is 8.87. The maximum atomic E-state index is 11.7. The van der Waals surface area contributed by atoms with E-state index in [2.05, 4.69) is 0 Å². The van der Waals surface area contributed by atoms with Gasteiger partial charge in [0.15, 0.2) is 0 Å². The molecule has 4 nitrogen and oxygen atoms in total. The maximum absolute atomic E-state index is 11.7. The standard InChI is InChI=1S/C10H20N2O2/c1-14-8-5-10(13)12(7-2-6-11)9-3-4-9/h9H,2-8,11H2,1H3. The molecule has 0 aromatic heterocycles. The van der Waals surface area contributed by atoms with Crippen molar-refractivity contribution in [2.24, 2.45) is 5.73 Å². The van der Waals surface area contributed by atoms with E-state index in [9.17, 15) is 4.79 Å². The molecule has 1 fully saturated rings. The Labute approximate surface area is 85.4 Å². The summed E-state index contributed by atoms with van der Waals surface area (Å²) in [6.45, 7) is 1.98. The van der Waals surface area contributed by atoms with E-state index in [1.54, 1.807) is 7.11 Å². The normalized spacial score (nSPS) is 15.6. The highest BCUT2D eigenvalue weighted by molar-refractivity contribution is 5.76. The van der Waals surface area contributed by atoms with Crippen molar-refractivity contribution in [1.82, 2.24) is 4.90 Å². The minimum absolute atomic E-state index is 0.211. The predicted octanol–water partition coefficient (Wildman–Crippen LogP) is 0.363. The van der Waals surface area contributed by atoms with Crippen LogP contribution in [-0.4, -0.2) is 43.7 Å². The summed E-state index contributed by atoms with van der Waals surface area (Å²) in [5.74, 6) is 0.211. The molecule has 1 amide bonds. The molecule has 0 aromatic rings. The van der Waals surface area contributed by atoms with Gasteiger partial charge in [0.2, 0.25) is 5.91 Å². The molecule has 0 saturated heterocycles. The van der Waals surface area contributed by atoms with E-state index in [-0.39, 0.29) is 5.91 Å². The number of rotatable bonds is 7. The monoisotopic (exact) mass is 200 g/mol. The molecule has 0 unspecified atom stereocenters. The van der Waals surface area contributed by atoms with Crippen molar-refractivity contribution in [3.8, 4) is 0 Å². The molecule has 82 valence electrons. The fraction of sp³-hybridized carbons (Fsp3) is 0.900. The molecule has 0 atom stereocenters. The number of carbonyl (C=O) groups excluding carboxylic acids is 1. The number of nitrogens with zero attached hydrogens (tertiary/aromatic N) is 1. The zero-order valence-electron chi connectivity index (χ0n) is 8.87. The summed E-state index contributed by atoms with van der Waals surface area (Å²) >= 11 is 0. The SMILES string of the molecule is COCCC(=O)N(CCCN)C1CC1. The molecule has 0 heterocycles. The van der Waals surface area contributed by atoms with Crippen LogP contribution >= 0.6 is 0 Å². The van der Waals surface area contributed by atoms with E-state index < -0.39 is 0 Å². The van der Waals surface area contributed by atoms with Gasteiger partial charge in [-0.15, -0.1) is 0 Å². The van der Waals surface area contributed by atoms with Crippen LogP contribution < -0.4 is 5.73 Å². The minimum Gasteiger partial charge on any atom is -0.384 e. The topological polar surface area (TPSA) is 55.6 Å². The Kier molecular flexibility index (Phi) is 4.90. The van der Waals surface area contributed by atoms with Gasteiger partial charge in [0.1, 0.15) is 0 Å². The van der Waals surface area contributed by atoms with Crippen molar-refractivity contribution in [2.75, 3.05) is 26.8 Å². The number of methoxy groups -OCH3 is 1. The van der Waals surface area contributed by atoms with Crippen molar-refractivity contribution in [3.05, 3.63) is 0 Å². The van der Waals surface area contributed by atoms with E-state index >= 15 is 0 Å². The number of hydrogen-bond donors (Lipinski definition) is 1. The van der Waals surface area contributed by atoms with Crippen LogP contribution in [0.25, 0.3) is 0 Å². The smallest absolute Gasteiger partial charge is 0.225 e. The van der Waals surface area contributed by atoms with Crippen LogP contribution in [0.5, 0.6) is 0 Å². The molecule has 1 aliphatic rings. The Morgan fingerprint density at radius 1 is 1.57 bits per heavy atom. The van der Waals surface area contributed by atoms with Crippen LogP contribution in [0.2, 0.25) is 0 Å². The van der Waals surface area contributed by atoms with Crippen LogP contribution in [-0.2, 0) is 9.53 Å². The van der Waals surface area contributed by atoms with Gasteiger partial charge in [-0.2, -0.15) is 0 Å². The van der Waals surface area contributed by atoms with Crippen molar-refractivity contribution in [1.29, 1.82) is 0 Å². The molecule has 0 aromatic carbocycles. The Morgan fingerprint density at radius 2 is 2.29 bits per heavy atom. The lowest BCUT2D eigenvalue weighted by Gasteiger charge is -2.21. The second-order valence-electron chi connectivity index (χ2n) is 3.70. The van der Waals surface area contributed by atoms with E-state index in [4.69, 9.17) is 10.5 Å². The number of nitrogens with two attached hydrogens (primary N) is 1. The molecular weight excluding hydrogens is 180 g/mol. The second-order valence-corrected chi connectivity index (χ2v) is 3.70. The Bertz CT molecular complexity index is 181. The van der Waals surface area contributed by atoms with Gasteiger partial charge < -0.3 is 15.4 Å². The fourth-order valence-electron chi connectivity index (χ4n) is 1.49. The summed E-state index contributed by atoms with van der Waals surface area (Å²) in [5.41, 5.74) is 5.43. The Morgan fingerprint density at radius 3 is 2.79 bits per heavy atom. The molecule has 4 heteroatoms. The fourth-order valence-corrected chi connectivity index (χ4v) is 1.49. The highest BCUT2D eigenvalue weighted by Gasteiger charge is 2.31. The maximum Gasteiger partial charge on any atom is 0.225 e. The molecule has 1 saturated carbocycles. The lowest BCUT2D eigenvalue weighted by Crippen LogP contribution is -2.35. The minimum atomic E-state index is 0.211. The highest BCUT2D eigenvalue weighted by atomic mass is 16.5. The van der Waals surface area contributed by atoms with Crippen LogP contribution in [0.1, 0.15) is 25.7 Å². The molecule has 0 radical (unpaired) electrons. The molecule has 0 aliphatic heterocycles. The lowest BCUT2D eigenvalue weighted by molar-refractivity contribution is -0.132. The van der Waals surface area contributed by atoms with Gasteiger partial charge in [0.05, 0.1) is 13.0 Å². The average molecular weight is 200 g/mol. The van der Waals surface area contributed by atoms with Gasteiger partial charge >= 0.3 is 0 Å². The first-order valence-electron chi connectivity index (χ1n) is 5.28. The van der Waals surface area contributed by atoms with Gasteiger partial charge in [-0.1, -0.05) is 0 Å². The quantitative estimate of drug-likeness (QED) is 0.645. The summed E-state index contributed by atoms with van der Waals surface area (Å²) in [4.78, 5) is 13.7. The third kappa shape index (κ3) is 3.64. The summed E-state index contributed by atoms with van der Waals surface area (Å²) in [5, 5.41) is 0. The molecule has 1 aliphatic carbocycles. The first-order chi connectivity index (χ1) is 6.79. The molecule has 0 spiro atoms. The van der Waals surface area contributed by atoms with E-state index in [1.165, 1.54) is 0 Å². The van der Waals surface area contributed by atoms with Gasteiger partial charge in [-0.05, 0) is 25.8 Å². The largest absolute Gasteiger partial charge is 0.384 e. The first-order valence-corrected chi connectivity index (χ1v) is 5.28. The Hall–Kier alpha value is -0.610. The van der Waals surface area contributed by atoms with Crippen LogP contribution in [0.15, 0.2) is 0 Å². The van der Waals surface area contributed by atoms with Crippen LogP contribution in [0.3, 0.4) is 0 Å². The molecule has 14 heavy (non-hydrogen) atoms. The van der Waals surface area contributed by atoms with Crippen molar-refractivity contribution in [2.45, 2.75) is 31.7 Å². The van der Waals surface area contributed by atoms with E-state index in [0.29, 0.717) is 25.6 Å². The summed E-state index contributed by atoms with van der Waals surface area (Å²) in [7, 11) is 1.62. The van der Waals surface area contributed by atoms with Gasteiger partial charge in [-0.3, -0.25) is 4.79 Å². The third-order valence-electron chi connectivity index (χ3n) is 2.43. The highest BCUT2D eigenvalue weighted by Crippen LogP contribution is 2.27. The number of ether oxygens (including phenoxy) is 1. The van der Waals surface area contributed by atoms with Crippen molar-refractivity contribution >= 4 is 5.91 Å². The summed E-state index contributed by atoms with van der Waals surface area (Å²) in [6.07, 6.45) is 3.71. The van der Waals surface area contributed by atoms with Crippen LogP contribution in [0.4, 0.5) is 0 Å².